The first kappa shape index (κ1) is 14.6. The highest BCUT2D eigenvalue weighted by molar-refractivity contribution is 5.74. The summed E-state index contributed by atoms with van der Waals surface area (Å²) in [6.07, 6.45) is 1.000. The Hall–Kier alpha value is -1.80. The first-order valence-electron chi connectivity index (χ1n) is 7.11. The third-order valence-corrected chi connectivity index (χ3v) is 3.83. The van der Waals surface area contributed by atoms with E-state index in [-0.39, 0.29) is 0 Å². The molecule has 2 rings (SSSR count). The van der Waals surface area contributed by atoms with E-state index in [0.29, 0.717) is 12.5 Å². The predicted octanol–water partition coefficient (Wildman–Crippen LogP) is 4.12. The van der Waals surface area contributed by atoms with Gasteiger partial charge in [0.25, 0.3) is 0 Å². The highest BCUT2D eigenvalue weighted by atomic mass is 16.5. The normalized spacial score (nSPS) is 12.2. The molecule has 0 amide bonds. The van der Waals surface area contributed by atoms with E-state index in [1.165, 1.54) is 16.7 Å². The van der Waals surface area contributed by atoms with E-state index in [2.05, 4.69) is 56.3 Å². The SMILES string of the molecule is COc1ccc(C(C)CCN)cc1-c1ccccc1C. The fraction of sp³-hybridized carbons (Fsp3) is 0.333. The Morgan fingerprint density at radius 2 is 1.85 bits per heavy atom. The minimum absolute atomic E-state index is 0.466. The van der Waals surface area contributed by atoms with Gasteiger partial charge in [-0.1, -0.05) is 37.3 Å². The fourth-order valence-corrected chi connectivity index (χ4v) is 2.53. The Morgan fingerprint density at radius 1 is 1.10 bits per heavy atom. The molecule has 0 aromatic heterocycles. The second-order valence-corrected chi connectivity index (χ2v) is 5.25. The van der Waals surface area contributed by atoms with Gasteiger partial charge in [0.05, 0.1) is 7.11 Å². The lowest BCUT2D eigenvalue weighted by molar-refractivity contribution is 0.416. The molecule has 2 aromatic rings. The molecule has 0 fully saturated rings. The molecule has 20 heavy (non-hydrogen) atoms. The highest BCUT2D eigenvalue weighted by Crippen LogP contribution is 2.35. The number of hydrogen-bond donors (Lipinski definition) is 1. The van der Waals surface area contributed by atoms with Crippen LogP contribution in [0.2, 0.25) is 0 Å². The summed E-state index contributed by atoms with van der Waals surface area (Å²) in [7, 11) is 1.72. The molecule has 1 atom stereocenters. The monoisotopic (exact) mass is 269 g/mol. The van der Waals surface area contributed by atoms with Gasteiger partial charge >= 0.3 is 0 Å². The molecule has 0 heterocycles. The molecule has 1 unspecified atom stereocenters. The van der Waals surface area contributed by atoms with E-state index >= 15 is 0 Å². The topological polar surface area (TPSA) is 35.2 Å². The summed E-state index contributed by atoms with van der Waals surface area (Å²) < 4.78 is 5.52. The van der Waals surface area contributed by atoms with Crippen LogP contribution >= 0.6 is 0 Å². The van der Waals surface area contributed by atoms with Gasteiger partial charge in [0, 0.05) is 5.56 Å². The predicted molar refractivity (Wildman–Crippen MR) is 85.3 cm³/mol. The molecule has 106 valence electrons. The zero-order valence-electron chi connectivity index (χ0n) is 12.5. The van der Waals surface area contributed by atoms with Crippen molar-refractivity contribution < 1.29 is 4.74 Å². The van der Waals surface area contributed by atoms with Gasteiger partial charge in [-0.25, -0.2) is 0 Å². The zero-order valence-corrected chi connectivity index (χ0v) is 12.5. The van der Waals surface area contributed by atoms with Crippen molar-refractivity contribution in [3.05, 3.63) is 53.6 Å². The second-order valence-electron chi connectivity index (χ2n) is 5.25. The number of aryl methyl sites for hydroxylation is 1. The lowest BCUT2D eigenvalue weighted by Crippen LogP contribution is -2.05. The molecule has 0 saturated carbocycles. The summed E-state index contributed by atoms with van der Waals surface area (Å²) in [6, 6.07) is 14.8. The average Bonchev–Trinajstić information content (AvgIpc) is 2.47. The zero-order chi connectivity index (χ0) is 14.5. The average molecular weight is 269 g/mol. The molecule has 0 spiro atoms. The maximum Gasteiger partial charge on any atom is 0.126 e. The Balaban J connectivity index is 2.50. The number of benzene rings is 2. The van der Waals surface area contributed by atoms with Crippen molar-refractivity contribution in [3.8, 4) is 16.9 Å². The summed E-state index contributed by atoms with van der Waals surface area (Å²) in [5.41, 5.74) is 10.6. The van der Waals surface area contributed by atoms with Crippen molar-refractivity contribution in [2.24, 2.45) is 5.73 Å². The molecule has 0 radical (unpaired) electrons. The van der Waals surface area contributed by atoms with Crippen LogP contribution in [0.1, 0.15) is 30.4 Å². The molecule has 2 N–H and O–H groups in total. The van der Waals surface area contributed by atoms with E-state index in [1.807, 2.05) is 0 Å². The first-order valence-corrected chi connectivity index (χ1v) is 7.11. The number of ether oxygens (including phenoxy) is 1. The van der Waals surface area contributed by atoms with Gasteiger partial charge in [0.2, 0.25) is 0 Å². The maximum absolute atomic E-state index is 5.67. The van der Waals surface area contributed by atoms with Gasteiger partial charge in [-0.2, -0.15) is 0 Å². The molecule has 0 bridgehead atoms. The van der Waals surface area contributed by atoms with E-state index in [0.717, 1.165) is 17.7 Å². The van der Waals surface area contributed by atoms with Crippen molar-refractivity contribution in [2.45, 2.75) is 26.2 Å². The Bertz CT molecular complexity index is 577. The molecular formula is C18H23NO. The third-order valence-electron chi connectivity index (χ3n) is 3.83. The third kappa shape index (κ3) is 3.02. The van der Waals surface area contributed by atoms with Crippen LogP contribution in [0.4, 0.5) is 0 Å². The van der Waals surface area contributed by atoms with E-state index in [4.69, 9.17) is 10.5 Å². The van der Waals surface area contributed by atoms with Crippen molar-refractivity contribution in [2.75, 3.05) is 13.7 Å². The number of nitrogens with two attached hydrogens (primary N) is 1. The van der Waals surface area contributed by atoms with Crippen LogP contribution in [0.15, 0.2) is 42.5 Å². The van der Waals surface area contributed by atoms with Gasteiger partial charge in [0.15, 0.2) is 0 Å². The largest absolute Gasteiger partial charge is 0.496 e. The highest BCUT2D eigenvalue weighted by Gasteiger charge is 2.12. The molecule has 0 saturated heterocycles. The molecule has 0 aliphatic heterocycles. The second kappa shape index (κ2) is 6.58. The van der Waals surface area contributed by atoms with E-state index in [1.54, 1.807) is 7.11 Å². The van der Waals surface area contributed by atoms with Crippen LogP contribution in [0.25, 0.3) is 11.1 Å². The minimum Gasteiger partial charge on any atom is -0.496 e. The van der Waals surface area contributed by atoms with E-state index < -0.39 is 0 Å². The number of rotatable bonds is 5. The van der Waals surface area contributed by atoms with Crippen molar-refractivity contribution in [3.63, 3.8) is 0 Å². The molecule has 2 nitrogen and oxygen atoms in total. The molecule has 0 aliphatic rings. The smallest absolute Gasteiger partial charge is 0.126 e. The van der Waals surface area contributed by atoms with Crippen LogP contribution < -0.4 is 10.5 Å². The van der Waals surface area contributed by atoms with Crippen LogP contribution in [0.3, 0.4) is 0 Å². The lowest BCUT2D eigenvalue weighted by Gasteiger charge is -2.16. The molecule has 2 heteroatoms. The Morgan fingerprint density at radius 3 is 2.50 bits per heavy atom. The standard InChI is InChI=1S/C18H23NO/c1-13(10-11-19)15-8-9-18(20-3)17(12-15)16-7-5-4-6-14(16)2/h4-9,12-13H,10-11,19H2,1-3H3. The number of hydrogen-bond acceptors (Lipinski definition) is 2. The summed E-state index contributed by atoms with van der Waals surface area (Å²) >= 11 is 0. The summed E-state index contributed by atoms with van der Waals surface area (Å²) in [6.45, 7) is 5.06. The molecule has 0 aliphatic carbocycles. The molecular weight excluding hydrogens is 246 g/mol. The van der Waals surface area contributed by atoms with E-state index in [9.17, 15) is 0 Å². The quantitative estimate of drug-likeness (QED) is 0.886. The van der Waals surface area contributed by atoms with Crippen LogP contribution in [0, 0.1) is 6.92 Å². The fourth-order valence-electron chi connectivity index (χ4n) is 2.53. The maximum atomic E-state index is 5.67. The van der Waals surface area contributed by atoms with Crippen LogP contribution in [-0.4, -0.2) is 13.7 Å². The summed E-state index contributed by atoms with van der Waals surface area (Å²) in [5.74, 6) is 1.39. The van der Waals surface area contributed by atoms with Crippen molar-refractivity contribution in [1.82, 2.24) is 0 Å². The first-order chi connectivity index (χ1) is 9.67. The van der Waals surface area contributed by atoms with Crippen LogP contribution in [-0.2, 0) is 0 Å². The lowest BCUT2D eigenvalue weighted by atomic mass is 9.92. The summed E-state index contributed by atoms with van der Waals surface area (Å²) in [5, 5.41) is 0. The minimum atomic E-state index is 0.466. The summed E-state index contributed by atoms with van der Waals surface area (Å²) in [4.78, 5) is 0. The Kier molecular flexibility index (Phi) is 4.80. The van der Waals surface area contributed by atoms with Gasteiger partial charge < -0.3 is 10.5 Å². The Labute approximate surface area is 121 Å². The van der Waals surface area contributed by atoms with Gasteiger partial charge in [-0.3, -0.25) is 0 Å². The van der Waals surface area contributed by atoms with Crippen molar-refractivity contribution >= 4 is 0 Å². The van der Waals surface area contributed by atoms with Crippen LogP contribution in [0.5, 0.6) is 5.75 Å². The van der Waals surface area contributed by atoms with Crippen molar-refractivity contribution in [1.29, 1.82) is 0 Å². The molecule has 2 aromatic carbocycles. The van der Waals surface area contributed by atoms with Gasteiger partial charge in [-0.15, -0.1) is 0 Å². The van der Waals surface area contributed by atoms with Gasteiger partial charge in [0.1, 0.15) is 5.75 Å². The number of methoxy groups -OCH3 is 1. The van der Waals surface area contributed by atoms with Gasteiger partial charge in [-0.05, 0) is 54.6 Å².